The molecule has 1 saturated heterocycles. The molecule has 0 bridgehead atoms. The summed E-state index contributed by atoms with van der Waals surface area (Å²) in [5.41, 5.74) is 0. The van der Waals surface area contributed by atoms with Crippen molar-refractivity contribution in [1.29, 1.82) is 0 Å². The van der Waals surface area contributed by atoms with Crippen molar-refractivity contribution in [3.8, 4) is 0 Å². The van der Waals surface area contributed by atoms with Crippen molar-refractivity contribution in [2.75, 3.05) is 62.7 Å². The van der Waals surface area contributed by atoms with Crippen LogP contribution in [0.2, 0.25) is 0 Å². The van der Waals surface area contributed by atoms with E-state index in [1.54, 1.807) is 6.33 Å². The van der Waals surface area contributed by atoms with E-state index < -0.39 is 0 Å². The van der Waals surface area contributed by atoms with E-state index in [9.17, 15) is 0 Å². The van der Waals surface area contributed by atoms with Crippen LogP contribution < -0.4 is 10.2 Å². The number of hydrogen-bond acceptors (Lipinski definition) is 6. The highest BCUT2D eigenvalue weighted by Gasteiger charge is 2.10. The Balaban J connectivity index is 1.84. The first kappa shape index (κ1) is 17.0. The minimum atomic E-state index is 0.848. The molecule has 0 radical (unpaired) electrons. The molecular formula is C16H29N5O. The predicted octanol–water partition coefficient (Wildman–Crippen LogP) is 1.85. The molecule has 1 aliphatic heterocycles. The molecular weight excluding hydrogens is 278 g/mol. The third-order valence-electron chi connectivity index (χ3n) is 3.80. The quantitative estimate of drug-likeness (QED) is 0.751. The zero-order chi connectivity index (χ0) is 15.6. The molecule has 0 aliphatic carbocycles. The molecule has 0 unspecified atom stereocenters. The van der Waals surface area contributed by atoms with E-state index in [1.165, 1.54) is 0 Å². The monoisotopic (exact) mass is 307 g/mol. The fourth-order valence-corrected chi connectivity index (χ4v) is 2.66. The first-order valence-electron chi connectivity index (χ1n) is 8.44. The van der Waals surface area contributed by atoms with E-state index in [1.807, 2.05) is 0 Å². The lowest BCUT2D eigenvalue weighted by Crippen LogP contribution is -2.39. The number of nitrogens with one attached hydrogen (secondary N) is 1. The van der Waals surface area contributed by atoms with Gasteiger partial charge in [-0.1, -0.05) is 13.8 Å². The molecule has 0 atom stereocenters. The molecule has 2 heterocycles. The van der Waals surface area contributed by atoms with E-state index in [0.29, 0.717) is 0 Å². The van der Waals surface area contributed by atoms with E-state index in [4.69, 9.17) is 4.74 Å². The number of aromatic nitrogens is 2. The predicted molar refractivity (Wildman–Crippen MR) is 90.6 cm³/mol. The largest absolute Gasteiger partial charge is 0.379 e. The first-order valence-corrected chi connectivity index (χ1v) is 8.44. The van der Waals surface area contributed by atoms with Gasteiger partial charge in [0.05, 0.1) is 13.2 Å². The number of rotatable bonds is 9. The van der Waals surface area contributed by atoms with Gasteiger partial charge in [-0.3, -0.25) is 4.90 Å². The van der Waals surface area contributed by atoms with Crippen LogP contribution in [-0.4, -0.2) is 67.4 Å². The Hall–Kier alpha value is -1.40. The summed E-state index contributed by atoms with van der Waals surface area (Å²) in [5.74, 6) is 1.93. The Labute approximate surface area is 133 Å². The van der Waals surface area contributed by atoms with Crippen LogP contribution in [0.5, 0.6) is 0 Å². The fraction of sp³-hybridized carbons (Fsp3) is 0.750. The van der Waals surface area contributed by atoms with Crippen LogP contribution in [0.1, 0.15) is 26.7 Å². The highest BCUT2D eigenvalue weighted by molar-refractivity contribution is 5.48. The summed E-state index contributed by atoms with van der Waals surface area (Å²) in [6.45, 7) is 12.2. The van der Waals surface area contributed by atoms with Crippen molar-refractivity contribution >= 4 is 11.6 Å². The van der Waals surface area contributed by atoms with Gasteiger partial charge in [-0.25, -0.2) is 9.97 Å². The molecule has 124 valence electrons. The maximum atomic E-state index is 5.36. The van der Waals surface area contributed by atoms with Crippen LogP contribution in [0.3, 0.4) is 0 Å². The average Bonchev–Trinajstić information content (AvgIpc) is 2.56. The van der Waals surface area contributed by atoms with Gasteiger partial charge in [0.1, 0.15) is 18.0 Å². The highest BCUT2D eigenvalue weighted by atomic mass is 16.5. The number of anilines is 2. The van der Waals surface area contributed by atoms with Gasteiger partial charge in [0.25, 0.3) is 0 Å². The lowest BCUT2D eigenvalue weighted by molar-refractivity contribution is 0.0398. The van der Waals surface area contributed by atoms with Crippen molar-refractivity contribution < 1.29 is 4.74 Å². The summed E-state index contributed by atoms with van der Waals surface area (Å²) in [5, 5.41) is 3.41. The van der Waals surface area contributed by atoms with Crippen LogP contribution in [0, 0.1) is 0 Å². The van der Waals surface area contributed by atoms with Crippen molar-refractivity contribution in [1.82, 2.24) is 14.9 Å². The van der Waals surface area contributed by atoms with E-state index in [0.717, 1.165) is 77.0 Å². The summed E-state index contributed by atoms with van der Waals surface area (Å²) >= 11 is 0. The van der Waals surface area contributed by atoms with Gasteiger partial charge in [0.2, 0.25) is 0 Å². The molecule has 0 aromatic carbocycles. The standard InChI is InChI=1S/C16H29N5O/c1-3-6-21(7-4-2)16-13-15(18-14-19-16)17-5-8-20-9-11-22-12-10-20/h13-14H,3-12H2,1-2H3,(H,17,18,19). The molecule has 1 aliphatic rings. The highest BCUT2D eigenvalue weighted by Crippen LogP contribution is 2.14. The number of hydrogen-bond donors (Lipinski definition) is 1. The molecule has 6 heteroatoms. The maximum absolute atomic E-state index is 5.36. The zero-order valence-electron chi connectivity index (χ0n) is 13.9. The molecule has 1 aromatic rings. The molecule has 0 spiro atoms. The molecule has 0 amide bonds. The van der Waals surface area contributed by atoms with E-state index >= 15 is 0 Å². The van der Waals surface area contributed by atoms with Gasteiger partial charge >= 0.3 is 0 Å². The van der Waals surface area contributed by atoms with Gasteiger partial charge in [-0.2, -0.15) is 0 Å². The van der Waals surface area contributed by atoms with Crippen molar-refractivity contribution in [3.05, 3.63) is 12.4 Å². The van der Waals surface area contributed by atoms with Gasteiger partial charge < -0.3 is 15.0 Å². The Kier molecular flexibility index (Phi) is 7.39. The van der Waals surface area contributed by atoms with Crippen LogP contribution in [0.25, 0.3) is 0 Å². The zero-order valence-corrected chi connectivity index (χ0v) is 13.9. The summed E-state index contributed by atoms with van der Waals surface area (Å²) in [7, 11) is 0. The Morgan fingerprint density at radius 2 is 1.91 bits per heavy atom. The minimum Gasteiger partial charge on any atom is -0.379 e. The molecule has 1 aromatic heterocycles. The van der Waals surface area contributed by atoms with Crippen LogP contribution >= 0.6 is 0 Å². The summed E-state index contributed by atoms with van der Waals surface area (Å²) < 4.78 is 5.36. The van der Waals surface area contributed by atoms with Gasteiger partial charge in [-0.05, 0) is 12.8 Å². The Bertz CT molecular complexity index is 417. The topological polar surface area (TPSA) is 53.5 Å². The second kappa shape index (κ2) is 9.58. The molecule has 1 N–H and O–H groups in total. The number of ether oxygens (including phenoxy) is 1. The lowest BCUT2D eigenvalue weighted by atomic mass is 10.3. The lowest BCUT2D eigenvalue weighted by Gasteiger charge is -2.26. The summed E-state index contributed by atoms with van der Waals surface area (Å²) in [4.78, 5) is 13.5. The van der Waals surface area contributed by atoms with Gasteiger partial charge in [0, 0.05) is 45.3 Å². The molecule has 0 saturated carbocycles. The number of nitrogens with zero attached hydrogens (tertiary/aromatic N) is 4. The normalized spacial score (nSPS) is 15.7. The first-order chi connectivity index (χ1) is 10.8. The number of morpholine rings is 1. The van der Waals surface area contributed by atoms with E-state index in [2.05, 4.69) is 45.0 Å². The summed E-state index contributed by atoms with van der Waals surface area (Å²) in [6, 6.07) is 2.06. The van der Waals surface area contributed by atoms with Gasteiger partial charge in [-0.15, -0.1) is 0 Å². The minimum absolute atomic E-state index is 0.848. The Morgan fingerprint density at radius 3 is 2.59 bits per heavy atom. The smallest absolute Gasteiger partial charge is 0.134 e. The molecule has 22 heavy (non-hydrogen) atoms. The van der Waals surface area contributed by atoms with Crippen molar-refractivity contribution in [2.45, 2.75) is 26.7 Å². The second-order valence-electron chi connectivity index (χ2n) is 5.63. The average molecular weight is 307 g/mol. The maximum Gasteiger partial charge on any atom is 0.134 e. The SMILES string of the molecule is CCCN(CCC)c1cc(NCCN2CCOCC2)ncn1. The Morgan fingerprint density at radius 1 is 1.18 bits per heavy atom. The molecule has 2 rings (SSSR count). The summed E-state index contributed by atoms with van der Waals surface area (Å²) in [6.07, 6.45) is 3.91. The third-order valence-corrected chi connectivity index (χ3v) is 3.80. The fourth-order valence-electron chi connectivity index (χ4n) is 2.66. The van der Waals surface area contributed by atoms with Crippen molar-refractivity contribution in [3.63, 3.8) is 0 Å². The van der Waals surface area contributed by atoms with Crippen LogP contribution in [0.15, 0.2) is 12.4 Å². The van der Waals surface area contributed by atoms with E-state index in [-0.39, 0.29) is 0 Å². The molecule has 1 fully saturated rings. The van der Waals surface area contributed by atoms with Crippen molar-refractivity contribution in [2.24, 2.45) is 0 Å². The second-order valence-corrected chi connectivity index (χ2v) is 5.63. The van der Waals surface area contributed by atoms with Crippen LogP contribution in [0.4, 0.5) is 11.6 Å². The third kappa shape index (κ3) is 5.42. The molecule has 6 nitrogen and oxygen atoms in total. The van der Waals surface area contributed by atoms with Gasteiger partial charge in [0.15, 0.2) is 0 Å². The van der Waals surface area contributed by atoms with Crippen LogP contribution in [-0.2, 0) is 4.74 Å².